The number of hydrogen-bond acceptors (Lipinski definition) is 6. The smallest absolute Gasteiger partial charge is 0.424 e. The van der Waals surface area contributed by atoms with Crippen LogP contribution in [0.3, 0.4) is 0 Å². The van der Waals surface area contributed by atoms with Crippen LogP contribution in [0.15, 0.2) is 60.7 Å². The monoisotopic (exact) mass is 488 g/mol. The number of carbonyl (C=O) groups is 2. The van der Waals surface area contributed by atoms with Gasteiger partial charge in [-0.3, -0.25) is 0 Å². The summed E-state index contributed by atoms with van der Waals surface area (Å²) in [7, 11) is 0. The van der Waals surface area contributed by atoms with Gasteiger partial charge in [0.15, 0.2) is 11.1 Å². The highest BCUT2D eigenvalue weighted by Crippen LogP contribution is 2.47. The van der Waals surface area contributed by atoms with Crippen molar-refractivity contribution in [2.75, 3.05) is 6.61 Å². The number of rotatable bonds is 5. The zero-order valence-electron chi connectivity index (χ0n) is 15.2. The molecule has 1 aliphatic rings. The van der Waals surface area contributed by atoms with E-state index in [1.54, 1.807) is 24.3 Å². The lowest BCUT2D eigenvalue weighted by Crippen LogP contribution is -2.59. The molecule has 0 aromatic heterocycles. The van der Waals surface area contributed by atoms with Crippen LogP contribution in [-0.2, 0) is 14.2 Å². The van der Waals surface area contributed by atoms with Crippen molar-refractivity contribution >= 4 is 27.9 Å². The first-order chi connectivity index (χ1) is 14.1. The van der Waals surface area contributed by atoms with Crippen LogP contribution >= 0.6 is 15.9 Å². The minimum atomic E-state index is -5.21. The van der Waals surface area contributed by atoms with Crippen LogP contribution in [0, 0.1) is 0 Å². The van der Waals surface area contributed by atoms with Crippen LogP contribution in [0.4, 0.5) is 13.2 Å². The summed E-state index contributed by atoms with van der Waals surface area (Å²) in [6.45, 7) is -0.680. The summed E-state index contributed by atoms with van der Waals surface area (Å²) >= 11 is 2.65. The molecule has 0 saturated carbocycles. The molecular formula is C20H16BrF3O6. The highest BCUT2D eigenvalue weighted by atomic mass is 79.9. The SMILES string of the molecule is O=C(OC[C@H]1O[C@H](Br)[C@@](O)(C(F)(F)F)[C@@H]1OC(=O)c1ccccc1)c1ccccc1. The average Bonchev–Trinajstić information content (AvgIpc) is 2.98. The molecule has 1 N–H and O–H groups in total. The topological polar surface area (TPSA) is 82.1 Å². The summed E-state index contributed by atoms with van der Waals surface area (Å²) in [6.07, 6.45) is -8.96. The van der Waals surface area contributed by atoms with Crippen LogP contribution in [0.5, 0.6) is 0 Å². The highest BCUT2D eigenvalue weighted by molar-refractivity contribution is 9.09. The third-order valence-electron chi connectivity index (χ3n) is 4.50. The van der Waals surface area contributed by atoms with Gasteiger partial charge in [0.05, 0.1) is 11.1 Å². The maximum atomic E-state index is 13.7. The van der Waals surface area contributed by atoms with Gasteiger partial charge in [-0.05, 0) is 24.3 Å². The lowest BCUT2D eigenvalue weighted by atomic mass is 9.95. The molecule has 2 aromatic carbocycles. The molecule has 0 bridgehead atoms. The number of halogens is 4. The minimum Gasteiger partial charge on any atom is -0.459 e. The maximum absolute atomic E-state index is 13.7. The third kappa shape index (κ3) is 4.35. The van der Waals surface area contributed by atoms with Crippen molar-refractivity contribution in [3.8, 4) is 0 Å². The van der Waals surface area contributed by atoms with Gasteiger partial charge < -0.3 is 19.3 Å². The molecule has 160 valence electrons. The Labute approximate surface area is 177 Å². The second kappa shape index (κ2) is 8.75. The van der Waals surface area contributed by atoms with E-state index in [1.807, 2.05) is 0 Å². The first-order valence-corrected chi connectivity index (χ1v) is 9.63. The Morgan fingerprint density at radius 2 is 1.50 bits per heavy atom. The standard InChI is InChI=1S/C20H16BrF3O6/c21-18-19(27,20(22,23)24)15(30-17(26)13-9-5-2-6-10-13)14(29-18)11-28-16(25)12-7-3-1-4-8-12/h1-10,14-15,18,27H,11H2/t14-,15-,18+,19-/m1/s1. The van der Waals surface area contributed by atoms with Crippen LogP contribution < -0.4 is 0 Å². The van der Waals surface area contributed by atoms with Crippen molar-refractivity contribution in [2.24, 2.45) is 0 Å². The van der Waals surface area contributed by atoms with Crippen LogP contribution in [0.1, 0.15) is 20.7 Å². The number of benzene rings is 2. The van der Waals surface area contributed by atoms with E-state index < -0.39 is 47.5 Å². The Kier molecular flexibility index (Phi) is 6.49. The van der Waals surface area contributed by atoms with Crippen molar-refractivity contribution in [1.29, 1.82) is 0 Å². The molecule has 0 amide bonds. The predicted molar refractivity (Wildman–Crippen MR) is 101 cm³/mol. The molecule has 0 aliphatic carbocycles. The average molecular weight is 489 g/mol. The first kappa shape index (κ1) is 22.3. The number of esters is 2. The zero-order chi connectivity index (χ0) is 21.9. The van der Waals surface area contributed by atoms with Crippen LogP contribution in [-0.4, -0.2) is 52.7 Å². The summed E-state index contributed by atoms with van der Waals surface area (Å²) in [4.78, 5) is 24.5. The lowest BCUT2D eigenvalue weighted by Gasteiger charge is -2.33. The Bertz CT molecular complexity index is 892. The number of hydrogen-bond donors (Lipinski definition) is 1. The van der Waals surface area contributed by atoms with Gasteiger partial charge in [-0.2, -0.15) is 13.2 Å². The summed E-state index contributed by atoms with van der Waals surface area (Å²) < 4.78 is 56.2. The first-order valence-electron chi connectivity index (χ1n) is 8.71. The van der Waals surface area contributed by atoms with E-state index in [2.05, 4.69) is 15.9 Å². The van der Waals surface area contributed by atoms with Crippen molar-refractivity contribution in [3.05, 3.63) is 71.8 Å². The largest absolute Gasteiger partial charge is 0.459 e. The number of alkyl halides is 4. The molecule has 2 aromatic rings. The Morgan fingerprint density at radius 1 is 1.00 bits per heavy atom. The highest BCUT2D eigenvalue weighted by Gasteiger charge is 2.71. The quantitative estimate of drug-likeness (QED) is 0.512. The molecular weight excluding hydrogens is 473 g/mol. The van der Waals surface area contributed by atoms with Crippen molar-refractivity contribution in [3.63, 3.8) is 0 Å². The second-order valence-corrected chi connectivity index (χ2v) is 7.30. The molecule has 0 radical (unpaired) electrons. The molecule has 6 nitrogen and oxygen atoms in total. The predicted octanol–water partition coefficient (Wildman–Crippen LogP) is 3.48. The van der Waals surface area contributed by atoms with Gasteiger partial charge in [-0.25, -0.2) is 9.59 Å². The molecule has 1 fully saturated rings. The van der Waals surface area contributed by atoms with Gasteiger partial charge in [-0.1, -0.05) is 52.3 Å². The van der Waals surface area contributed by atoms with Crippen molar-refractivity contribution in [2.45, 2.75) is 29.0 Å². The van der Waals surface area contributed by atoms with Crippen molar-refractivity contribution in [1.82, 2.24) is 0 Å². The Morgan fingerprint density at radius 3 is 2.00 bits per heavy atom. The number of ether oxygens (including phenoxy) is 3. The fourth-order valence-electron chi connectivity index (χ4n) is 2.90. The van der Waals surface area contributed by atoms with E-state index in [1.165, 1.54) is 36.4 Å². The van der Waals surface area contributed by atoms with Crippen molar-refractivity contribution < 1.29 is 42.1 Å². The molecule has 1 aliphatic heterocycles. The molecule has 4 atom stereocenters. The lowest BCUT2D eigenvalue weighted by molar-refractivity contribution is -0.282. The molecule has 0 spiro atoms. The minimum absolute atomic E-state index is 0.0138. The number of carbonyl (C=O) groups excluding carboxylic acids is 2. The molecule has 0 unspecified atom stereocenters. The van der Waals surface area contributed by atoms with Gasteiger partial charge >= 0.3 is 18.1 Å². The fourth-order valence-corrected chi connectivity index (χ4v) is 3.69. The number of aliphatic hydroxyl groups is 1. The Balaban J connectivity index is 1.81. The van der Waals surface area contributed by atoms with Gasteiger partial charge in [0.25, 0.3) is 0 Å². The van der Waals surface area contributed by atoms with E-state index in [0.29, 0.717) is 0 Å². The van der Waals surface area contributed by atoms with Crippen LogP contribution in [0.25, 0.3) is 0 Å². The summed E-state index contributed by atoms with van der Waals surface area (Å²) in [5, 5.41) is 8.44. The third-order valence-corrected chi connectivity index (χ3v) is 5.41. The fraction of sp³-hybridized carbons (Fsp3) is 0.300. The van der Waals surface area contributed by atoms with E-state index in [-0.39, 0.29) is 11.1 Å². The summed E-state index contributed by atoms with van der Waals surface area (Å²) in [5.41, 5.74) is -3.39. The van der Waals surface area contributed by atoms with Crippen LogP contribution in [0.2, 0.25) is 0 Å². The molecule has 3 rings (SSSR count). The van der Waals surface area contributed by atoms with Gasteiger partial charge in [0.2, 0.25) is 5.60 Å². The molecule has 30 heavy (non-hydrogen) atoms. The molecule has 1 saturated heterocycles. The van der Waals surface area contributed by atoms with E-state index in [0.717, 1.165) is 0 Å². The van der Waals surface area contributed by atoms with E-state index >= 15 is 0 Å². The van der Waals surface area contributed by atoms with Gasteiger partial charge in [0.1, 0.15) is 12.7 Å². The Hall–Kier alpha value is -2.43. The van der Waals surface area contributed by atoms with E-state index in [4.69, 9.17) is 14.2 Å². The van der Waals surface area contributed by atoms with Gasteiger partial charge in [0, 0.05) is 0 Å². The van der Waals surface area contributed by atoms with Gasteiger partial charge in [-0.15, -0.1) is 0 Å². The zero-order valence-corrected chi connectivity index (χ0v) is 16.8. The summed E-state index contributed by atoms with van der Waals surface area (Å²) in [6, 6.07) is 15.1. The second-order valence-electron chi connectivity index (χ2n) is 6.47. The molecule has 10 heteroatoms. The molecule has 1 heterocycles. The normalized spacial score (nSPS) is 26.2. The maximum Gasteiger partial charge on any atom is 0.424 e. The van der Waals surface area contributed by atoms with E-state index in [9.17, 15) is 27.9 Å². The summed E-state index contributed by atoms with van der Waals surface area (Å²) in [5.74, 6) is -1.89.